The third-order valence-electron chi connectivity index (χ3n) is 4.01. The Morgan fingerprint density at radius 3 is 1.68 bits per heavy atom. The largest absolute Gasteiger partial charge is 0.493 e. The minimum atomic E-state index is -8.10. The Morgan fingerprint density at radius 1 is 0.765 bits per heavy atom. The number of hydrogen-bond acceptors (Lipinski definition) is 4. The van der Waals surface area contributed by atoms with Crippen molar-refractivity contribution in [2.45, 2.75) is 35.8 Å². The monoisotopic (exact) mass is 526 g/mol. The third kappa shape index (κ3) is 4.53. The average molecular weight is 526 g/mol. The molecule has 0 unspecified atom stereocenters. The van der Waals surface area contributed by atoms with Crippen molar-refractivity contribution in [2.24, 2.45) is 5.10 Å². The molecule has 0 radical (unpaired) electrons. The number of methoxy groups -OCH3 is 2. The molecule has 194 valence electrons. The molecule has 1 rings (SSSR count). The Labute approximate surface area is 180 Å². The first-order valence-electron chi connectivity index (χ1n) is 8.14. The van der Waals surface area contributed by atoms with Crippen LogP contribution in [0.4, 0.5) is 57.1 Å². The summed E-state index contributed by atoms with van der Waals surface area (Å²) >= 11 is 0. The number of carbonyl (C=O) groups is 1. The Kier molecular flexibility index (Phi) is 7.71. The molecule has 0 aliphatic rings. The minimum absolute atomic E-state index is 0.00195. The smallest absolute Gasteiger partial charge is 0.460 e. The normalized spacial score (nSPS) is 14.3. The van der Waals surface area contributed by atoms with Crippen molar-refractivity contribution in [3.05, 3.63) is 23.8 Å². The van der Waals surface area contributed by atoms with E-state index in [-0.39, 0.29) is 17.1 Å². The molecule has 0 spiro atoms. The first-order valence-corrected chi connectivity index (χ1v) is 8.14. The van der Waals surface area contributed by atoms with E-state index in [1.54, 1.807) is 0 Å². The molecule has 1 amide bonds. The highest BCUT2D eigenvalue weighted by Gasteiger charge is 2.91. The number of alkyl halides is 13. The molecule has 0 heterocycles. The van der Waals surface area contributed by atoms with Gasteiger partial charge in [0.15, 0.2) is 11.5 Å². The lowest BCUT2D eigenvalue weighted by molar-refractivity contribution is -0.436. The number of amides is 1. The number of ether oxygens (including phenoxy) is 2. The zero-order valence-corrected chi connectivity index (χ0v) is 16.4. The van der Waals surface area contributed by atoms with Gasteiger partial charge in [0, 0.05) is 0 Å². The van der Waals surface area contributed by atoms with Crippen molar-refractivity contribution in [3.63, 3.8) is 0 Å². The molecule has 0 aliphatic heterocycles. The van der Waals surface area contributed by atoms with Crippen LogP contribution in [0.3, 0.4) is 0 Å². The standard InChI is InChI=1S/C16H11F13N2O3/c1-33-8-4-3-7(5-9(8)34-2)6-30-31-10(32)11(17,18)12(19,20)13(21,22)14(23,24)15(25,26)16(27,28)29/h3-6H,1-2H3,(H,31,32). The molecular formula is C16H11F13N2O3. The number of carbonyl (C=O) groups excluding carboxylic acids is 1. The molecule has 1 aromatic carbocycles. The molecule has 0 saturated heterocycles. The average Bonchev–Trinajstić information content (AvgIpc) is 2.71. The molecule has 34 heavy (non-hydrogen) atoms. The summed E-state index contributed by atoms with van der Waals surface area (Å²) in [5, 5.41) is 2.69. The van der Waals surface area contributed by atoms with Crippen molar-refractivity contribution in [3.8, 4) is 11.5 Å². The van der Waals surface area contributed by atoms with Gasteiger partial charge in [0.1, 0.15) is 0 Å². The second-order valence-corrected chi connectivity index (χ2v) is 6.18. The van der Waals surface area contributed by atoms with Gasteiger partial charge in [-0.3, -0.25) is 4.79 Å². The van der Waals surface area contributed by atoms with E-state index in [4.69, 9.17) is 9.47 Å². The first-order chi connectivity index (χ1) is 15.1. The van der Waals surface area contributed by atoms with Gasteiger partial charge in [0.25, 0.3) is 0 Å². The van der Waals surface area contributed by atoms with Crippen molar-refractivity contribution in [2.75, 3.05) is 14.2 Å². The maximum absolute atomic E-state index is 13.6. The predicted molar refractivity (Wildman–Crippen MR) is 86.1 cm³/mol. The Morgan fingerprint density at radius 2 is 1.24 bits per heavy atom. The van der Waals surface area contributed by atoms with E-state index in [0.717, 1.165) is 19.2 Å². The second-order valence-electron chi connectivity index (χ2n) is 6.18. The van der Waals surface area contributed by atoms with Crippen LogP contribution in [-0.4, -0.2) is 62.1 Å². The Balaban J connectivity index is 3.24. The van der Waals surface area contributed by atoms with E-state index in [0.29, 0.717) is 11.6 Å². The molecule has 5 nitrogen and oxygen atoms in total. The molecule has 0 atom stereocenters. The van der Waals surface area contributed by atoms with Gasteiger partial charge in [-0.1, -0.05) is 0 Å². The summed E-state index contributed by atoms with van der Waals surface area (Å²) in [4.78, 5) is 11.3. The van der Waals surface area contributed by atoms with Gasteiger partial charge in [0.2, 0.25) is 0 Å². The molecule has 0 fully saturated rings. The number of rotatable bonds is 9. The van der Waals surface area contributed by atoms with Crippen LogP contribution in [0.2, 0.25) is 0 Å². The van der Waals surface area contributed by atoms with Gasteiger partial charge >= 0.3 is 41.7 Å². The van der Waals surface area contributed by atoms with Crippen LogP contribution in [0.1, 0.15) is 5.56 Å². The fraction of sp³-hybridized carbons (Fsp3) is 0.500. The van der Waals surface area contributed by atoms with Crippen LogP contribution in [0.5, 0.6) is 11.5 Å². The summed E-state index contributed by atoms with van der Waals surface area (Å²) < 4.78 is 179. The van der Waals surface area contributed by atoms with Crippen LogP contribution in [0.25, 0.3) is 0 Å². The fourth-order valence-corrected chi connectivity index (χ4v) is 2.08. The van der Waals surface area contributed by atoms with Crippen molar-refractivity contribution >= 4 is 12.1 Å². The van der Waals surface area contributed by atoms with Crippen molar-refractivity contribution in [1.82, 2.24) is 5.43 Å². The summed E-state index contributed by atoms with van der Waals surface area (Å²) in [5.41, 5.74) is 0.461. The summed E-state index contributed by atoms with van der Waals surface area (Å²) in [7, 11) is 2.37. The van der Waals surface area contributed by atoms with Crippen LogP contribution in [0, 0.1) is 0 Å². The Bertz CT molecular complexity index is 929. The topological polar surface area (TPSA) is 59.9 Å². The molecule has 0 saturated carbocycles. The highest BCUT2D eigenvalue weighted by molar-refractivity contribution is 5.87. The Hall–Kier alpha value is -2.95. The van der Waals surface area contributed by atoms with E-state index >= 15 is 0 Å². The van der Waals surface area contributed by atoms with Crippen LogP contribution < -0.4 is 14.9 Å². The first kappa shape index (κ1) is 29.1. The number of benzene rings is 1. The fourth-order valence-electron chi connectivity index (χ4n) is 2.08. The SMILES string of the molecule is COc1ccc(C=NNC(=O)C(F)(F)C(F)(F)C(F)(F)C(F)(F)C(F)(F)C(F)(F)F)cc1OC. The lowest BCUT2D eigenvalue weighted by Gasteiger charge is -2.38. The molecule has 0 aliphatic carbocycles. The van der Waals surface area contributed by atoms with Gasteiger partial charge in [-0.05, 0) is 23.8 Å². The number of nitrogens with one attached hydrogen (secondary N) is 1. The van der Waals surface area contributed by atoms with Crippen molar-refractivity contribution < 1.29 is 71.3 Å². The summed E-state index contributed by atoms with van der Waals surface area (Å²) in [6, 6.07) is 3.40. The molecule has 1 N–H and O–H groups in total. The highest BCUT2D eigenvalue weighted by atomic mass is 19.4. The summed E-state index contributed by atoms with van der Waals surface area (Å²) in [6.07, 6.45) is -7.10. The minimum Gasteiger partial charge on any atom is -0.493 e. The molecule has 0 bridgehead atoms. The summed E-state index contributed by atoms with van der Waals surface area (Å²) in [6.45, 7) is 0. The van der Waals surface area contributed by atoms with Gasteiger partial charge in [0.05, 0.1) is 20.4 Å². The number of hydrazone groups is 1. The lowest BCUT2D eigenvalue weighted by Crippen LogP contribution is -2.71. The third-order valence-corrected chi connectivity index (χ3v) is 4.01. The zero-order chi connectivity index (χ0) is 27.0. The van der Waals surface area contributed by atoms with E-state index in [2.05, 4.69) is 5.10 Å². The zero-order valence-electron chi connectivity index (χ0n) is 16.4. The van der Waals surface area contributed by atoms with Gasteiger partial charge in [-0.25, -0.2) is 5.43 Å². The number of hydrogen-bond donors (Lipinski definition) is 1. The van der Waals surface area contributed by atoms with E-state index in [9.17, 15) is 61.9 Å². The second kappa shape index (κ2) is 9.01. The van der Waals surface area contributed by atoms with Gasteiger partial charge < -0.3 is 9.47 Å². The van der Waals surface area contributed by atoms with Crippen LogP contribution in [0.15, 0.2) is 23.3 Å². The lowest BCUT2D eigenvalue weighted by atomic mass is 9.93. The maximum atomic E-state index is 13.6. The van der Waals surface area contributed by atoms with Crippen molar-refractivity contribution in [1.29, 1.82) is 0 Å². The van der Waals surface area contributed by atoms with Crippen LogP contribution in [-0.2, 0) is 4.79 Å². The number of halogens is 13. The molecule has 18 heteroatoms. The molecular weight excluding hydrogens is 515 g/mol. The maximum Gasteiger partial charge on any atom is 0.460 e. The molecule has 0 aromatic heterocycles. The predicted octanol–water partition coefficient (Wildman–Crippen LogP) is 4.89. The summed E-state index contributed by atoms with van der Waals surface area (Å²) in [5.74, 6) is -42.2. The quantitative estimate of drug-likeness (QED) is 0.283. The number of nitrogens with zero attached hydrogens (tertiary/aromatic N) is 1. The van der Waals surface area contributed by atoms with Crippen LogP contribution >= 0.6 is 0 Å². The van der Waals surface area contributed by atoms with E-state index in [1.165, 1.54) is 13.2 Å². The van der Waals surface area contributed by atoms with Gasteiger partial charge in [-0.15, -0.1) is 0 Å². The highest BCUT2D eigenvalue weighted by Crippen LogP contribution is 2.60. The van der Waals surface area contributed by atoms with E-state index in [1.807, 2.05) is 0 Å². The molecule has 1 aromatic rings. The van der Waals surface area contributed by atoms with E-state index < -0.39 is 41.7 Å². The van der Waals surface area contributed by atoms with Gasteiger partial charge in [-0.2, -0.15) is 62.2 Å².